The number of likely N-dealkylation sites (tertiary alicyclic amines) is 1. The summed E-state index contributed by atoms with van der Waals surface area (Å²) in [7, 11) is 0. The van der Waals surface area contributed by atoms with Crippen molar-refractivity contribution in [3.8, 4) is 17.0 Å². The predicted molar refractivity (Wildman–Crippen MR) is 92.0 cm³/mol. The lowest BCUT2D eigenvalue weighted by molar-refractivity contribution is 0.263. The SMILES string of the molecule is c1cc(-c2ccc3nncn3n2)ccc1OCCCN1CCCC1. The Morgan fingerprint density at radius 3 is 2.67 bits per heavy atom. The van der Waals surface area contributed by atoms with Crippen LogP contribution in [0.15, 0.2) is 42.7 Å². The Balaban J connectivity index is 1.33. The highest BCUT2D eigenvalue weighted by molar-refractivity contribution is 5.60. The van der Waals surface area contributed by atoms with Gasteiger partial charge in [0.2, 0.25) is 0 Å². The molecule has 0 aliphatic carbocycles. The maximum absolute atomic E-state index is 5.84. The molecule has 0 saturated carbocycles. The number of aromatic nitrogens is 4. The molecular formula is C18H21N5O. The van der Waals surface area contributed by atoms with Crippen LogP contribution in [0.1, 0.15) is 19.3 Å². The van der Waals surface area contributed by atoms with E-state index in [4.69, 9.17) is 4.74 Å². The molecule has 124 valence electrons. The summed E-state index contributed by atoms with van der Waals surface area (Å²) in [5, 5.41) is 12.3. The van der Waals surface area contributed by atoms with E-state index in [2.05, 4.69) is 20.2 Å². The van der Waals surface area contributed by atoms with E-state index in [-0.39, 0.29) is 0 Å². The molecule has 1 aromatic carbocycles. The number of nitrogens with zero attached hydrogens (tertiary/aromatic N) is 5. The Hall–Kier alpha value is -2.47. The summed E-state index contributed by atoms with van der Waals surface area (Å²) in [5.41, 5.74) is 2.69. The second-order valence-corrected chi connectivity index (χ2v) is 6.13. The summed E-state index contributed by atoms with van der Waals surface area (Å²) in [6.07, 6.45) is 5.37. The molecule has 6 heteroatoms. The topological polar surface area (TPSA) is 55.6 Å². The molecule has 24 heavy (non-hydrogen) atoms. The molecule has 0 atom stereocenters. The van der Waals surface area contributed by atoms with Gasteiger partial charge in [0.25, 0.3) is 0 Å². The largest absolute Gasteiger partial charge is 0.494 e. The number of hydrogen-bond acceptors (Lipinski definition) is 5. The first kappa shape index (κ1) is 15.1. The molecular weight excluding hydrogens is 302 g/mol. The summed E-state index contributed by atoms with van der Waals surface area (Å²) < 4.78 is 7.52. The fraction of sp³-hybridized carbons (Fsp3) is 0.389. The van der Waals surface area contributed by atoms with Crippen LogP contribution >= 0.6 is 0 Å². The van der Waals surface area contributed by atoms with Crippen molar-refractivity contribution >= 4 is 5.65 Å². The van der Waals surface area contributed by atoms with E-state index < -0.39 is 0 Å². The van der Waals surface area contributed by atoms with Crippen molar-refractivity contribution in [1.29, 1.82) is 0 Å². The Labute approximate surface area is 141 Å². The zero-order valence-corrected chi connectivity index (χ0v) is 13.6. The van der Waals surface area contributed by atoms with Crippen molar-refractivity contribution < 1.29 is 4.74 Å². The van der Waals surface area contributed by atoms with E-state index in [0.717, 1.165) is 42.2 Å². The summed E-state index contributed by atoms with van der Waals surface area (Å²) >= 11 is 0. The molecule has 3 aromatic rings. The highest BCUT2D eigenvalue weighted by Gasteiger charge is 2.10. The molecule has 0 N–H and O–H groups in total. The third-order valence-electron chi connectivity index (χ3n) is 4.40. The zero-order valence-electron chi connectivity index (χ0n) is 13.6. The lowest BCUT2D eigenvalue weighted by Crippen LogP contribution is -2.21. The Morgan fingerprint density at radius 1 is 1.00 bits per heavy atom. The van der Waals surface area contributed by atoms with Crippen molar-refractivity contribution in [3.05, 3.63) is 42.7 Å². The maximum Gasteiger partial charge on any atom is 0.177 e. The third kappa shape index (κ3) is 3.38. The first-order chi connectivity index (χ1) is 11.9. The Kier molecular flexibility index (Phi) is 4.38. The van der Waals surface area contributed by atoms with E-state index in [9.17, 15) is 0 Å². The highest BCUT2D eigenvalue weighted by atomic mass is 16.5. The molecule has 0 radical (unpaired) electrons. The van der Waals surface area contributed by atoms with Crippen molar-refractivity contribution in [1.82, 2.24) is 24.7 Å². The fourth-order valence-corrected chi connectivity index (χ4v) is 3.09. The lowest BCUT2D eigenvalue weighted by atomic mass is 10.1. The third-order valence-corrected chi connectivity index (χ3v) is 4.40. The van der Waals surface area contributed by atoms with Gasteiger partial charge in [0.15, 0.2) is 5.65 Å². The van der Waals surface area contributed by atoms with Gasteiger partial charge in [-0.1, -0.05) is 0 Å². The van der Waals surface area contributed by atoms with Crippen LogP contribution in [0, 0.1) is 0 Å². The highest BCUT2D eigenvalue weighted by Crippen LogP contribution is 2.21. The Morgan fingerprint density at radius 2 is 1.83 bits per heavy atom. The summed E-state index contributed by atoms with van der Waals surface area (Å²) in [6.45, 7) is 4.40. The van der Waals surface area contributed by atoms with Crippen molar-refractivity contribution in [3.63, 3.8) is 0 Å². The predicted octanol–water partition coefficient (Wildman–Crippen LogP) is 2.66. The summed E-state index contributed by atoms with van der Waals surface area (Å²) in [6, 6.07) is 11.9. The molecule has 0 bridgehead atoms. The van der Waals surface area contributed by atoms with Gasteiger partial charge in [0, 0.05) is 12.1 Å². The van der Waals surface area contributed by atoms with Crippen LogP contribution in [0.25, 0.3) is 16.9 Å². The van der Waals surface area contributed by atoms with Crippen LogP contribution in [0.4, 0.5) is 0 Å². The van der Waals surface area contributed by atoms with Crippen LogP contribution in [0.3, 0.4) is 0 Å². The molecule has 1 saturated heterocycles. The first-order valence-corrected chi connectivity index (χ1v) is 8.51. The first-order valence-electron chi connectivity index (χ1n) is 8.51. The van der Waals surface area contributed by atoms with Gasteiger partial charge in [-0.2, -0.15) is 9.61 Å². The number of hydrogen-bond donors (Lipinski definition) is 0. The smallest absolute Gasteiger partial charge is 0.177 e. The zero-order chi connectivity index (χ0) is 16.2. The number of fused-ring (bicyclic) bond motifs is 1. The van der Waals surface area contributed by atoms with E-state index in [1.165, 1.54) is 25.9 Å². The van der Waals surface area contributed by atoms with Crippen molar-refractivity contribution in [2.45, 2.75) is 19.3 Å². The van der Waals surface area contributed by atoms with Gasteiger partial charge in [-0.05, 0) is 68.8 Å². The van der Waals surface area contributed by atoms with Gasteiger partial charge in [-0.25, -0.2) is 0 Å². The van der Waals surface area contributed by atoms with Crippen LogP contribution < -0.4 is 4.74 Å². The molecule has 1 aliphatic heterocycles. The van der Waals surface area contributed by atoms with Gasteiger partial charge in [0.05, 0.1) is 12.3 Å². The Bertz CT molecular complexity index is 793. The summed E-state index contributed by atoms with van der Waals surface area (Å²) in [4.78, 5) is 2.51. The second-order valence-electron chi connectivity index (χ2n) is 6.13. The van der Waals surface area contributed by atoms with Gasteiger partial charge < -0.3 is 9.64 Å². The standard InChI is InChI=1S/C18H21N5O/c1-2-11-22(10-1)12-3-13-24-16-6-4-15(5-7-16)17-8-9-18-20-19-14-23(18)21-17/h4-9,14H,1-3,10-13H2. The van der Waals surface area contributed by atoms with Crippen LogP contribution in [0.2, 0.25) is 0 Å². The quantitative estimate of drug-likeness (QED) is 0.653. The number of rotatable bonds is 6. The molecule has 4 rings (SSSR count). The van der Waals surface area contributed by atoms with Crippen molar-refractivity contribution in [2.24, 2.45) is 0 Å². The second kappa shape index (κ2) is 6.97. The molecule has 3 heterocycles. The van der Waals surface area contributed by atoms with Crippen LogP contribution in [-0.2, 0) is 0 Å². The molecule has 1 aliphatic rings. The van der Waals surface area contributed by atoms with Gasteiger partial charge >= 0.3 is 0 Å². The van der Waals surface area contributed by atoms with Gasteiger partial charge in [-0.3, -0.25) is 0 Å². The minimum atomic E-state index is 0.747. The van der Waals surface area contributed by atoms with Crippen LogP contribution in [-0.4, -0.2) is 51.0 Å². The molecule has 0 unspecified atom stereocenters. The van der Waals surface area contributed by atoms with Gasteiger partial charge in [0.1, 0.15) is 12.1 Å². The molecule has 6 nitrogen and oxygen atoms in total. The van der Waals surface area contributed by atoms with Gasteiger partial charge in [-0.15, -0.1) is 10.2 Å². The molecule has 1 fully saturated rings. The van der Waals surface area contributed by atoms with E-state index >= 15 is 0 Å². The summed E-state index contributed by atoms with van der Waals surface area (Å²) in [5.74, 6) is 0.908. The average Bonchev–Trinajstić information content (AvgIpc) is 3.30. The minimum Gasteiger partial charge on any atom is -0.494 e. The normalized spacial score (nSPS) is 15.2. The maximum atomic E-state index is 5.84. The average molecular weight is 323 g/mol. The van der Waals surface area contributed by atoms with Crippen LogP contribution in [0.5, 0.6) is 5.75 Å². The monoisotopic (exact) mass is 323 g/mol. The van der Waals surface area contributed by atoms with E-state index in [1.807, 2.05) is 36.4 Å². The number of ether oxygens (including phenoxy) is 1. The molecule has 2 aromatic heterocycles. The molecule has 0 spiro atoms. The minimum absolute atomic E-state index is 0.747. The molecule has 0 amide bonds. The van der Waals surface area contributed by atoms with E-state index in [0.29, 0.717) is 0 Å². The number of benzene rings is 1. The fourth-order valence-electron chi connectivity index (χ4n) is 3.09. The lowest BCUT2D eigenvalue weighted by Gasteiger charge is -2.14. The van der Waals surface area contributed by atoms with E-state index in [1.54, 1.807) is 10.8 Å². The van der Waals surface area contributed by atoms with Crippen molar-refractivity contribution in [2.75, 3.05) is 26.2 Å².